The summed E-state index contributed by atoms with van der Waals surface area (Å²) in [5.41, 5.74) is -0.106. The number of aromatic hydroxyl groups is 3. The van der Waals surface area contributed by atoms with E-state index in [1.165, 1.54) is 30.3 Å². The number of ketones is 1. The predicted molar refractivity (Wildman–Crippen MR) is 134 cm³/mol. The molecule has 1 atom stereocenters. The maximum Gasteiger partial charge on any atom is 0.501 e. The third kappa shape index (κ3) is 8.77. The van der Waals surface area contributed by atoms with Crippen molar-refractivity contribution < 1.29 is 48.0 Å². The average molecular weight is 525 g/mol. The van der Waals surface area contributed by atoms with Gasteiger partial charge in [0.2, 0.25) is 0 Å². The Labute approximate surface area is 212 Å². The van der Waals surface area contributed by atoms with Crippen LogP contribution < -0.4 is 4.74 Å². The Bertz CT molecular complexity index is 951. The lowest BCUT2D eigenvalue weighted by Crippen LogP contribution is -2.46. The molecule has 11 heteroatoms. The molecule has 0 heterocycles. The Kier molecular flexibility index (Phi) is 12.1. The van der Waals surface area contributed by atoms with Crippen LogP contribution in [0, 0.1) is 0 Å². The maximum absolute atomic E-state index is 12.6. The van der Waals surface area contributed by atoms with E-state index in [1.54, 1.807) is 0 Å². The summed E-state index contributed by atoms with van der Waals surface area (Å²) in [7, 11) is -2.72. The second-order valence-corrected chi connectivity index (χ2v) is 10.6. The van der Waals surface area contributed by atoms with Crippen molar-refractivity contribution in [2.24, 2.45) is 0 Å². The number of rotatable bonds is 17. The smallest absolute Gasteiger partial charge is 0.501 e. The second kappa shape index (κ2) is 14.8. The summed E-state index contributed by atoms with van der Waals surface area (Å²) >= 11 is 0. The highest BCUT2D eigenvalue weighted by Crippen LogP contribution is 2.30. The van der Waals surface area contributed by atoms with Gasteiger partial charge in [0, 0.05) is 44.6 Å². The summed E-state index contributed by atoms with van der Waals surface area (Å²) in [6.07, 6.45) is -0.255. The lowest BCUT2D eigenvalue weighted by Gasteiger charge is -2.28. The van der Waals surface area contributed by atoms with E-state index in [0.29, 0.717) is 38.9 Å². The molecule has 0 bridgehead atoms. The van der Waals surface area contributed by atoms with Gasteiger partial charge in [-0.15, -0.1) is 0 Å². The summed E-state index contributed by atoms with van der Waals surface area (Å²) in [6.45, 7) is 7.58. The first-order valence-electron chi connectivity index (χ1n) is 11.9. The van der Waals surface area contributed by atoms with Gasteiger partial charge in [0.15, 0.2) is 5.78 Å². The minimum absolute atomic E-state index is 0.0435. The van der Waals surface area contributed by atoms with E-state index in [9.17, 15) is 25.2 Å². The van der Waals surface area contributed by atoms with Gasteiger partial charge in [-0.05, 0) is 51.5 Å². The number of carbonyl (C=O) groups excluding carboxylic acids is 1. The molecule has 0 aromatic heterocycles. The van der Waals surface area contributed by atoms with Gasteiger partial charge >= 0.3 is 8.80 Å². The third-order valence-electron chi connectivity index (χ3n) is 5.06. The van der Waals surface area contributed by atoms with Crippen LogP contribution in [-0.2, 0) is 18.0 Å². The number of aliphatic hydroxyl groups is 1. The molecule has 4 N–H and O–H groups in total. The van der Waals surface area contributed by atoms with Crippen molar-refractivity contribution in [3.63, 3.8) is 0 Å². The first kappa shape index (κ1) is 29.6. The van der Waals surface area contributed by atoms with Crippen molar-refractivity contribution in [2.45, 2.75) is 39.3 Å². The molecule has 1 unspecified atom stereocenters. The molecule has 0 aliphatic carbocycles. The standard InChI is InChI=1S/C25H36O10Si/c1-4-33-36(34-5-2,35-6-3)13-7-12-31-16-19(27)17-32-20-9-11-22(24(29)15-20)25(30)21-10-8-18(26)14-23(21)28/h8-11,14-15,19,26-29H,4-7,12-13,16-17H2,1-3H3. The number of phenolic OH excluding ortho intramolecular Hbond substituents is 3. The zero-order valence-corrected chi connectivity index (χ0v) is 21.9. The highest BCUT2D eigenvalue weighted by molar-refractivity contribution is 6.60. The minimum atomic E-state index is -2.72. The topological polar surface area (TPSA) is 144 Å². The van der Waals surface area contributed by atoms with Gasteiger partial charge in [0.05, 0.1) is 17.7 Å². The highest BCUT2D eigenvalue weighted by Gasteiger charge is 2.39. The van der Waals surface area contributed by atoms with Crippen molar-refractivity contribution in [2.75, 3.05) is 39.6 Å². The van der Waals surface area contributed by atoms with Crippen LogP contribution in [0.2, 0.25) is 6.04 Å². The van der Waals surface area contributed by atoms with Crippen LogP contribution in [0.25, 0.3) is 0 Å². The Hall–Kier alpha value is -2.67. The zero-order chi connectivity index (χ0) is 26.6. The molecule has 2 aromatic rings. The van der Waals surface area contributed by atoms with Crippen LogP contribution in [0.3, 0.4) is 0 Å². The fraction of sp³-hybridized carbons (Fsp3) is 0.480. The third-order valence-corrected chi connectivity index (χ3v) is 8.21. The van der Waals surface area contributed by atoms with Crippen LogP contribution in [0.4, 0.5) is 0 Å². The molecule has 2 aromatic carbocycles. The molecular formula is C25H36O10Si. The number of aliphatic hydroxyl groups excluding tert-OH is 1. The molecule has 0 amide bonds. The Morgan fingerprint density at radius 1 is 0.861 bits per heavy atom. The number of benzene rings is 2. The van der Waals surface area contributed by atoms with Gasteiger partial charge in [-0.3, -0.25) is 4.79 Å². The van der Waals surface area contributed by atoms with Gasteiger partial charge in [-0.25, -0.2) is 0 Å². The summed E-state index contributed by atoms with van der Waals surface area (Å²) in [5.74, 6) is -1.30. The fourth-order valence-electron chi connectivity index (χ4n) is 3.50. The Morgan fingerprint density at radius 3 is 2.00 bits per heavy atom. The number of phenols is 3. The normalized spacial score (nSPS) is 12.4. The summed E-state index contributed by atoms with van der Waals surface area (Å²) < 4.78 is 28.4. The number of hydrogen-bond acceptors (Lipinski definition) is 10. The van der Waals surface area contributed by atoms with Crippen molar-refractivity contribution >= 4 is 14.6 Å². The first-order valence-corrected chi connectivity index (χ1v) is 13.9. The van der Waals surface area contributed by atoms with E-state index < -0.39 is 26.4 Å². The highest BCUT2D eigenvalue weighted by atomic mass is 28.4. The van der Waals surface area contributed by atoms with E-state index in [1.807, 2.05) is 20.8 Å². The van der Waals surface area contributed by atoms with Crippen LogP contribution in [0.15, 0.2) is 36.4 Å². The largest absolute Gasteiger partial charge is 0.508 e. The number of ether oxygens (including phenoxy) is 2. The molecule has 10 nitrogen and oxygen atoms in total. The van der Waals surface area contributed by atoms with Crippen LogP contribution in [0.1, 0.15) is 43.1 Å². The number of hydrogen-bond donors (Lipinski definition) is 4. The molecule has 36 heavy (non-hydrogen) atoms. The predicted octanol–water partition coefficient (Wildman–Crippen LogP) is 3.23. The molecular weight excluding hydrogens is 488 g/mol. The fourth-order valence-corrected chi connectivity index (χ4v) is 6.08. The van der Waals surface area contributed by atoms with Crippen LogP contribution >= 0.6 is 0 Å². The molecule has 0 aliphatic heterocycles. The molecule has 0 radical (unpaired) electrons. The van der Waals surface area contributed by atoms with Gasteiger partial charge in [0.25, 0.3) is 0 Å². The van der Waals surface area contributed by atoms with Gasteiger partial charge in [-0.2, -0.15) is 0 Å². The molecule has 0 saturated carbocycles. The van der Waals surface area contributed by atoms with E-state index in [4.69, 9.17) is 22.8 Å². The van der Waals surface area contributed by atoms with Crippen molar-refractivity contribution in [1.29, 1.82) is 0 Å². The van der Waals surface area contributed by atoms with E-state index in [0.717, 1.165) is 6.07 Å². The van der Waals surface area contributed by atoms with Gasteiger partial charge in [-0.1, -0.05) is 0 Å². The molecule has 2 rings (SSSR count). The first-order chi connectivity index (χ1) is 17.2. The monoisotopic (exact) mass is 524 g/mol. The Balaban J connectivity index is 1.80. The van der Waals surface area contributed by atoms with Gasteiger partial charge < -0.3 is 43.2 Å². The molecule has 0 fully saturated rings. The van der Waals surface area contributed by atoms with E-state index in [2.05, 4.69) is 0 Å². The SMILES string of the molecule is CCO[Si](CCCOCC(O)COc1ccc(C(=O)c2ccc(O)cc2O)c(O)c1)(OCC)OCC. The van der Waals surface area contributed by atoms with E-state index in [-0.39, 0.29) is 41.6 Å². The lowest BCUT2D eigenvalue weighted by molar-refractivity contribution is 0.0101. The molecule has 0 aliphatic rings. The maximum atomic E-state index is 12.6. The number of carbonyl (C=O) groups is 1. The molecule has 200 valence electrons. The quantitative estimate of drug-likeness (QED) is 0.138. The van der Waals surface area contributed by atoms with Crippen molar-refractivity contribution in [3.8, 4) is 23.0 Å². The minimum Gasteiger partial charge on any atom is -0.508 e. The summed E-state index contributed by atoms with van der Waals surface area (Å²) in [4.78, 5) is 12.6. The average Bonchev–Trinajstić information content (AvgIpc) is 2.83. The summed E-state index contributed by atoms with van der Waals surface area (Å²) in [6, 6.07) is 8.25. The zero-order valence-electron chi connectivity index (χ0n) is 20.9. The van der Waals surface area contributed by atoms with E-state index >= 15 is 0 Å². The van der Waals surface area contributed by atoms with Crippen molar-refractivity contribution in [3.05, 3.63) is 47.5 Å². The van der Waals surface area contributed by atoms with Crippen LogP contribution in [0.5, 0.6) is 23.0 Å². The summed E-state index contributed by atoms with van der Waals surface area (Å²) in [5, 5.41) is 39.7. The lowest BCUT2D eigenvalue weighted by atomic mass is 10.0. The molecule has 0 saturated heterocycles. The molecule has 0 spiro atoms. The second-order valence-electron chi connectivity index (χ2n) is 7.83. The Morgan fingerprint density at radius 2 is 1.44 bits per heavy atom. The van der Waals surface area contributed by atoms with Crippen molar-refractivity contribution in [1.82, 2.24) is 0 Å². The van der Waals surface area contributed by atoms with Gasteiger partial charge in [0.1, 0.15) is 35.7 Å². The van der Waals surface area contributed by atoms with Crippen LogP contribution in [-0.4, -0.2) is 80.8 Å².